The summed E-state index contributed by atoms with van der Waals surface area (Å²) in [6, 6.07) is 2.53. The van der Waals surface area contributed by atoms with Crippen molar-refractivity contribution in [1.29, 1.82) is 0 Å². The lowest BCUT2D eigenvalue weighted by Crippen LogP contribution is -2.27. The van der Waals surface area contributed by atoms with Crippen LogP contribution < -0.4 is 10.6 Å². The minimum absolute atomic E-state index is 0.0538. The van der Waals surface area contributed by atoms with Crippen molar-refractivity contribution < 1.29 is 18.0 Å². The number of carbonyl (C=O) groups excluding carboxylic acids is 1. The summed E-state index contributed by atoms with van der Waals surface area (Å²) in [5.41, 5.74) is -0.787. The van der Waals surface area contributed by atoms with Crippen molar-refractivity contribution in [2.24, 2.45) is 0 Å². The van der Waals surface area contributed by atoms with E-state index >= 15 is 0 Å². The second-order valence-electron chi connectivity index (χ2n) is 4.45. The molecule has 0 unspecified atom stereocenters. The highest BCUT2D eigenvalue weighted by atomic mass is 19.4. The molecule has 2 N–H and O–H groups in total. The number of carbonyl (C=O) groups is 1. The molecule has 4 nitrogen and oxygen atoms in total. The lowest BCUT2D eigenvalue weighted by atomic mass is 10.3. The van der Waals surface area contributed by atoms with Crippen molar-refractivity contribution in [2.45, 2.75) is 31.5 Å². The fraction of sp³-hybridized carbons (Fsp3) is 0.500. The summed E-state index contributed by atoms with van der Waals surface area (Å²) in [5, 5.41) is 5.63. The highest BCUT2D eigenvalue weighted by Crippen LogP contribution is 2.28. The van der Waals surface area contributed by atoms with E-state index in [0.29, 0.717) is 18.4 Å². The number of rotatable bonds is 5. The van der Waals surface area contributed by atoms with Crippen molar-refractivity contribution in [3.63, 3.8) is 0 Å². The van der Waals surface area contributed by atoms with Gasteiger partial charge in [0.1, 0.15) is 5.82 Å². The smallest absolute Gasteiger partial charge is 0.370 e. The van der Waals surface area contributed by atoms with E-state index in [-0.39, 0.29) is 12.3 Å². The molecule has 1 saturated carbocycles. The van der Waals surface area contributed by atoms with Crippen LogP contribution in [0.3, 0.4) is 0 Å². The predicted molar refractivity (Wildman–Crippen MR) is 63.5 cm³/mol. The molecule has 1 amide bonds. The Morgan fingerprint density at radius 3 is 2.63 bits per heavy atom. The summed E-state index contributed by atoms with van der Waals surface area (Å²) in [4.78, 5) is 15.0. The Hall–Kier alpha value is -1.79. The maximum Gasteiger partial charge on any atom is 0.417 e. The van der Waals surface area contributed by atoms with Crippen LogP contribution in [0.25, 0.3) is 0 Å². The minimum atomic E-state index is -4.38. The summed E-state index contributed by atoms with van der Waals surface area (Å²) in [5.74, 6) is 0.272. The SMILES string of the molecule is O=C(CCNc1ccc(C(F)(F)F)cn1)NC1CC1. The standard InChI is InChI=1S/C12H14F3N3O/c13-12(14,15)8-1-4-10(17-7-8)16-6-5-11(19)18-9-2-3-9/h1,4,7,9H,2-3,5-6H2,(H,16,17)(H,18,19). The van der Waals surface area contributed by atoms with Gasteiger partial charge < -0.3 is 10.6 Å². The lowest BCUT2D eigenvalue weighted by molar-refractivity contribution is -0.137. The number of alkyl halides is 3. The first-order chi connectivity index (χ1) is 8.95. The zero-order valence-corrected chi connectivity index (χ0v) is 10.1. The molecule has 1 heterocycles. The molecular weight excluding hydrogens is 259 g/mol. The molecule has 1 fully saturated rings. The van der Waals surface area contributed by atoms with E-state index in [1.807, 2.05) is 0 Å². The molecule has 0 aliphatic heterocycles. The highest BCUT2D eigenvalue weighted by Gasteiger charge is 2.30. The fourth-order valence-corrected chi connectivity index (χ4v) is 1.50. The second-order valence-corrected chi connectivity index (χ2v) is 4.45. The van der Waals surface area contributed by atoms with Crippen molar-refractivity contribution >= 4 is 11.7 Å². The van der Waals surface area contributed by atoms with E-state index in [4.69, 9.17) is 0 Å². The summed E-state index contributed by atoms with van der Waals surface area (Å²) in [6.07, 6.45) is -1.28. The maximum absolute atomic E-state index is 12.3. The number of anilines is 1. The Balaban J connectivity index is 1.74. The quantitative estimate of drug-likeness (QED) is 0.864. The largest absolute Gasteiger partial charge is 0.417 e. The number of pyridine rings is 1. The van der Waals surface area contributed by atoms with Crippen LogP contribution in [0, 0.1) is 0 Å². The van der Waals surface area contributed by atoms with Crippen molar-refractivity contribution in [3.8, 4) is 0 Å². The van der Waals surface area contributed by atoms with Crippen molar-refractivity contribution in [1.82, 2.24) is 10.3 Å². The summed E-state index contributed by atoms with van der Waals surface area (Å²) in [7, 11) is 0. The monoisotopic (exact) mass is 273 g/mol. The van der Waals surface area contributed by atoms with Crippen LogP contribution in [0.2, 0.25) is 0 Å². The number of hydrogen-bond donors (Lipinski definition) is 2. The number of hydrogen-bond acceptors (Lipinski definition) is 3. The number of nitrogens with one attached hydrogen (secondary N) is 2. The lowest BCUT2D eigenvalue weighted by Gasteiger charge is -2.08. The first-order valence-electron chi connectivity index (χ1n) is 6.01. The van der Waals surface area contributed by atoms with Crippen molar-refractivity contribution in [3.05, 3.63) is 23.9 Å². The van der Waals surface area contributed by atoms with Crippen molar-refractivity contribution in [2.75, 3.05) is 11.9 Å². The molecule has 0 spiro atoms. The molecule has 1 aromatic rings. The molecule has 0 radical (unpaired) electrons. The Morgan fingerprint density at radius 1 is 1.37 bits per heavy atom. The maximum atomic E-state index is 12.3. The van der Waals surface area contributed by atoms with Crippen LogP contribution in [0.1, 0.15) is 24.8 Å². The number of halogens is 3. The van der Waals surface area contributed by atoms with Gasteiger partial charge >= 0.3 is 6.18 Å². The molecule has 1 aromatic heterocycles. The first kappa shape index (κ1) is 13.6. The van der Waals surface area contributed by atoms with Gasteiger partial charge in [0.15, 0.2) is 0 Å². The molecule has 1 aliphatic rings. The van der Waals surface area contributed by atoms with Gasteiger partial charge in [-0.1, -0.05) is 0 Å². The van der Waals surface area contributed by atoms with E-state index in [2.05, 4.69) is 15.6 Å². The van der Waals surface area contributed by atoms with Crippen LogP contribution in [0.15, 0.2) is 18.3 Å². The number of amides is 1. The number of aromatic nitrogens is 1. The average Bonchev–Trinajstić information content (AvgIpc) is 3.12. The molecule has 0 saturated heterocycles. The molecule has 0 atom stereocenters. The Kier molecular flexibility index (Phi) is 3.92. The fourth-order valence-electron chi connectivity index (χ4n) is 1.50. The van der Waals surface area contributed by atoms with E-state index in [9.17, 15) is 18.0 Å². The predicted octanol–water partition coefficient (Wildman–Crippen LogP) is 2.18. The van der Waals surface area contributed by atoms with Crippen LogP contribution in [-0.4, -0.2) is 23.5 Å². The second kappa shape index (κ2) is 5.46. The average molecular weight is 273 g/mol. The van der Waals surface area contributed by atoms with Gasteiger partial charge in [-0.2, -0.15) is 13.2 Å². The zero-order chi connectivity index (χ0) is 13.9. The Morgan fingerprint density at radius 2 is 2.11 bits per heavy atom. The zero-order valence-electron chi connectivity index (χ0n) is 10.1. The van der Waals surface area contributed by atoms with Crippen LogP contribution >= 0.6 is 0 Å². The molecule has 0 aromatic carbocycles. The van der Waals surface area contributed by atoms with Crippen LogP contribution in [-0.2, 0) is 11.0 Å². The molecular formula is C12H14F3N3O. The number of nitrogens with zero attached hydrogens (tertiary/aromatic N) is 1. The Bertz CT molecular complexity index is 441. The van der Waals surface area contributed by atoms with E-state index in [1.165, 1.54) is 6.07 Å². The van der Waals surface area contributed by atoms with Crippen LogP contribution in [0.4, 0.5) is 19.0 Å². The van der Waals surface area contributed by atoms with Gasteiger partial charge in [0.25, 0.3) is 0 Å². The van der Waals surface area contributed by atoms with Gasteiger partial charge in [0.2, 0.25) is 5.91 Å². The summed E-state index contributed by atoms with van der Waals surface area (Å²) >= 11 is 0. The Labute approximate surface area is 108 Å². The van der Waals surface area contributed by atoms with Crippen LogP contribution in [0.5, 0.6) is 0 Å². The molecule has 0 bridgehead atoms. The van der Waals surface area contributed by atoms with Gasteiger partial charge in [0.05, 0.1) is 5.56 Å². The van der Waals surface area contributed by atoms with Gasteiger partial charge in [-0.25, -0.2) is 4.98 Å². The summed E-state index contributed by atoms with van der Waals surface area (Å²) in [6.45, 7) is 0.344. The molecule has 1 aliphatic carbocycles. The normalized spacial score (nSPS) is 15.1. The molecule has 104 valence electrons. The molecule has 19 heavy (non-hydrogen) atoms. The molecule has 2 rings (SSSR count). The highest BCUT2D eigenvalue weighted by molar-refractivity contribution is 5.77. The minimum Gasteiger partial charge on any atom is -0.370 e. The third-order valence-corrected chi connectivity index (χ3v) is 2.69. The third kappa shape index (κ3) is 4.42. The van der Waals surface area contributed by atoms with Gasteiger partial charge in [-0.05, 0) is 25.0 Å². The van der Waals surface area contributed by atoms with Gasteiger partial charge in [0, 0.05) is 25.2 Å². The van der Waals surface area contributed by atoms with E-state index < -0.39 is 11.7 Å². The van der Waals surface area contributed by atoms with E-state index in [0.717, 1.165) is 25.1 Å². The molecule has 7 heteroatoms. The van der Waals surface area contributed by atoms with E-state index in [1.54, 1.807) is 0 Å². The third-order valence-electron chi connectivity index (χ3n) is 2.69. The van der Waals surface area contributed by atoms with Gasteiger partial charge in [-0.3, -0.25) is 4.79 Å². The van der Waals surface area contributed by atoms with Gasteiger partial charge in [-0.15, -0.1) is 0 Å². The topological polar surface area (TPSA) is 54.0 Å². The summed E-state index contributed by atoms with van der Waals surface area (Å²) < 4.78 is 36.9. The first-order valence-corrected chi connectivity index (χ1v) is 6.01.